The van der Waals surface area contributed by atoms with Crippen molar-refractivity contribution in [2.45, 2.75) is 82.3 Å². The summed E-state index contributed by atoms with van der Waals surface area (Å²) in [5, 5.41) is 0.900. The van der Waals surface area contributed by atoms with Gasteiger partial charge in [0.05, 0.1) is 11.3 Å². The smallest absolute Gasteiger partial charge is 0.258 e. The first-order chi connectivity index (χ1) is 13.2. The second kappa shape index (κ2) is 7.83. The minimum atomic E-state index is -0.00457. The SMILES string of the molecule is CCCCn1c(SCC)nc2c(c1=O)C1(CCCCC1)Cc1ccccc1-2. The van der Waals surface area contributed by atoms with E-state index in [0.29, 0.717) is 0 Å². The third-order valence-electron chi connectivity index (χ3n) is 6.29. The van der Waals surface area contributed by atoms with Crippen LogP contribution < -0.4 is 5.56 Å². The van der Waals surface area contributed by atoms with E-state index < -0.39 is 0 Å². The van der Waals surface area contributed by atoms with Gasteiger partial charge in [-0.3, -0.25) is 9.36 Å². The Bertz CT molecular complexity index is 880. The van der Waals surface area contributed by atoms with Crippen molar-refractivity contribution in [1.82, 2.24) is 9.55 Å². The normalized spacial score (nSPS) is 17.6. The van der Waals surface area contributed by atoms with Crippen LogP contribution in [0.4, 0.5) is 0 Å². The molecule has 0 atom stereocenters. The fourth-order valence-corrected chi connectivity index (χ4v) is 5.72. The maximum Gasteiger partial charge on any atom is 0.258 e. The van der Waals surface area contributed by atoms with Gasteiger partial charge in [-0.2, -0.15) is 0 Å². The molecule has 3 nitrogen and oxygen atoms in total. The van der Waals surface area contributed by atoms with Gasteiger partial charge in [0.15, 0.2) is 5.16 Å². The molecule has 1 heterocycles. The lowest BCUT2D eigenvalue weighted by atomic mass is 9.62. The highest BCUT2D eigenvalue weighted by Crippen LogP contribution is 2.48. The van der Waals surface area contributed by atoms with Gasteiger partial charge in [-0.25, -0.2) is 4.98 Å². The Balaban J connectivity index is 1.98. The molecule has 4 heteroatoms. The van der Waals surface area contributed by atoms with E-state index >= 15 is 0 Å². The van der Waals surface area contributed by atoms with Crippen molar-refractivity contribution in [3.63, 3.8) is 0 Å². The van der Waals surface area contributed by atoms with E-state index in [-0.39, 0.29) is 11.0 Å². The summed E-state index contributed by atoms with van der Waals surface area (Å²) in [5.74, 6) is 0.935. The Kier molecular flexibility index (Phi) is 5.45. The van der Waals surface area contributed by atoms with Crippen molar-refractivity contribution in [1.29, 1.82) is 0 Å². The molecule has 1 fully saturated rings. The number of rotatable bonds is 5. The van der Waals surface area contributed by atoms with E-state index in [0.717, 1.165) is 60.8 Å². The predicted molar refractivity (Wildman–Crippen MR) is 114 cm³/mol. The van der Waals surface area contributed by atoms with Crippen LogP contribution in [-0.4, -0.2) is 15.3 Å². The Morgan fingerprint density at radius 1 is 1.15 bits per heavy atom. The van der Waals surface area contributed by atoms with Crippen molar-refractivity contribution in [3.8, 4) is 11.3 Å². The van der Waals surface area contributed by atoms with Crippen LogP contribution in [0.1, 0.15) is 69.9 Å². The molecule has 1 aromatic heterocycles. The lowest BCUT2D eigenvalue weighted by molar-refractivity contribution is 0.281. The summed E-state index contributed by atoms with van der Waals surface area (Å²) >= 11 is 1.70. The highest BCUT2D eigenvalue weighted by atomic mass is 32.2. The van der Waals surface area contributed by atoms with Crippen LogP contribution in [-0.2, 0) is 18.4 Å². The van der Waals surface area contributed by atoms with Gasteiger partial charge >= 0.3 is 0 Å². The van der Waals surface area contributed by atoms with Gasteiger partial charge < -0.3 is 0 Å². The van der Waals surface area contributed by atoms with E-state index in [1.54, 1.807) is 11.8 Å². The molecule has 0 aliphatic heterocycles. The predicted octanol–water partition coefficient (Wildman–Crippen LogP) is 5.58. The van der Waals surface area contributed by atoms with Crippen LogP contribution in [0.5, 0.6) is 0 Å². The van der Waals surface area contributed by atoms with Crippen LogP contribution in [0.3, 0.4) is 0 Å². The number of benzene rings is 1. The molecule has 0 bridgehead atoms. The maximum absolute atomic E-state index is 13.8. The number of fused-ring (bicyclic) bond motifs is 4. The quantitative estimate of drug-likeness (QED) is 0.500. The van der Waals surface area contributed by atoms with Crippen molar-refractivity contribution in [2.75, 3.05) is 5.75 Å². The van der Waals surface area contributed by atoms with E-state index in [1.807, 2.05) is 4.57 Å². The molecule has 144 valence electrons. The number of aromatic nitrogens is 2. The first kappa shape index (κ1) is 18.8. The Labute approximate surface area is 166 Å². The minimum absolute atomic E-state index is 0.00457. The average molecular weight is 383 g/mol. The van der Waals surface area contributed by atoms with Crippen molar-refractivity contribution < 1.29 is 0 Å². The zero-order chi connectivity index (χ0) is 18.9. The van der Waals surface area contributed by atoms with Gasteiger partial charge in [0.2, 0.25) is 0 Å². The molecule has 1 aromatic carbocycles. The van der Waals surface area contributed by atoms with Gasteiger partial charge in [-0.15, -0.1) is 0 Å². The third-order valence-corrected chi connectivity index (χ3v) is 7.14. The molecule has 2 aromatic rings. The highest BCUT2D eigenvalue weighted by molar-refractivity contribution is 7.99. The monoisotopic (exact) mass is 382 g/mol. The number of thioether (sulfide) groups is 1. The Morgan fingerprint density at radius 3 is 2.67 bits per heavy atom. The van der Waals surface area contributed by atoms with Gasteiger partial charge in [0.1, 0.15) is 0 Å². The number of unbranched alkanes of at least 4 members (excludes halogenated alkanes) is 1. The molecular weight excluding hydrogens is 352 g/mol. The molecule has 0 radical (unpaired) electrons. The molecule has 1 saturated carbocycles. The van der Waals surface area contributed by atoms with Crippen molar-refractivity contribution in [2.24, 2.45) is 0 Å². The molecule has 27 heavy (non-hydrogen) atoms. The van der Waals surface area contributed by atoms with Gasteiger partial charge in [0, 0.05) is 17.5 Å². The van der Waals surface area contributed by atoms with Crippen LogP contribution in [0.15, 0.2) is 34.2 Å². The summed E-state index contributed by atoms with van der Waals surface area (Å²) in [6, 6.07) is 8.61. The summed E-state index contributed by atoms with van der Waals surface area (Å²) in [5.41, 5.74) is 4.79. The standard InChI is InChI=1S/C23H30N2OS/c1-3-5-15-25-21(26)19-20(24-22(25)27-4-2)18-12-8-7-11-17(18)16-23(19)13-9-6-10-14-23/h7-8,11-12H,3-6,9-10,13-16H2,1-2H3. The molecule has 0 amide bonds. The van der Waals surface area contributed by atoms with E-state index in [9.17, 15) is 4.79 Å². The van der Waals surface area contributed by atoms with Crippen LogP contribution in [0.2, 0.25) is 0 Å². The number of hydrogen-bond acceptors (Lipinski definition) is 3. The summed E-state index contributed by atoms with van der Waals surface area (Å²) in [4.78, 5) is 18.9. The van der Waals surface area contributed by atoms with E-state index in [2.05, 4.69) is 38.1 Å². The lowest BCUT2D eigenvalue weighted by Gasteiger charge is -2.42. The number of hydrogen-bond donors (Lipinski definition) is 0. The van der Waals surface area contributed by atoms with E-state index in [4.69, 9.17) is 4.98 Å². The lowest BCUT2D eigenvalue weighted by Crippen LogP contribution is -2.43. The molecule has 2 aliphatic carbocycles. The molecule has 4 rings (SSSR count). The molecule has 1 spiro atoms. The van der Waals surface area contributed by atoms with Gasteiger partial charge in [-0.05, 0) is 37.0 Å². The zero-order valence-corrected chi connectivity index (χ0v) is 17.4. The van der Waals surface area contributed by atoms with Crippen LogP contribution in [0.25, 0.3) is 11.3 Å². The average Bonchev–Trinajstić information content (AvgIpc) is 2.68. The summed E-state index contributed by atoms with van der Waals surface area (Å²) in [7, 11) is 0. The molecule has 0 unspecified atom stereocenters. The highest BCUT2D eigenvalue weighted by Gasteiger charge is 2.43. The van der Waals surface area contributed by atoms with Crippen LogP contribution in [0, 0.1) is 0 Å². The minimum Gasteiger partial charge on any atom is -0.287 e. The second-order valence-electron chi connectivity index (χ2n) is 8.04. The molecule has 0 saturated heterocycles. The summed E-state index contributed by atoms with van der Waals surface area (Å²) < 4.78 is 1.99. The number of nitrogens with zero attached hydrogens (tertiary/aromatic N) is 2. The fraction of sp³-hybridized carbons (Fsp3) is 0.565. The Morgan fingerprint density at radius 2 is 1.93 bits per heavy atom. The van der Waals surface area contributed by atoms with Crippen molar-refractivity contribution in [3.05, 3.63) is 45.7 Å². The largest absolute Gasteiger partial charge is 0.287 e. The molecular formula is C23H30N2OS. The van der Waals surface area contributed by atoms with Gasteiger partial charge in [-0.1, -0.05) is 75.6 Å². The Hall–Kier alpha value is -1.55. The molecule has 2 aliphatic rings. The third kappa shape index (κ3) is 3.26. The van der Waals surface area contributed by atoms with Crippen LogP contribution >= 0.6 is 11.8 Å². The summed E-state index contributed by atoms with van der Waals surface area (Å²) in [6.45, 7) is 5.11. The fourth-order valence-electron chi connectivity index (χ4n) is 4.97. The topological polar surface area (TPSA) is 34.9 Å². The second-order valence-corrected chi connectivity index (χ2v) is 9.27. The molecule has 0 N–H and O–H groups in total. The van der Waals surface area contributed by atoms with Crippen molar-refractivity contribution >= 4 is 11.8 Å². The summed E-state index contributed by atoms with van der Waals surface area (Å²) in [6.07, 6.45) is 9.11. The zero-order valence-electron chi connectivity index (χ0n) is 16.6. The van der Waals surface area contributed by atoms with E-state index in [1.165, 1.54) is 30.4 Å². The first-order valence-corrected chi connectivity index (χ1v) is 11.5. The first-order valence-electron chi connectivity index (χ1n) is 10.6. The maximum atomic E-state index is 13.8. The van der Waals surface area contributed by atoms with Gasteiger partial charge in [0.25, 0.3) is 5.56 Å².